The largest absolute Gasteiger partial charge is 0.489 e. The molecule has 9 atom stereocenters. The molecule has 0 bridgehead atoms. The Labute approximate surface area is 346 Å². The van der Waals surface area contributed by atoms with Crippen molar-refractivity contribution in [3.05, 3.63) is 42.6 Å². The number of pyridine rings is 1. The van der Waals surface area contributed by atoms with E-state index in [1.54, 1.807) is 13.3 Å². The summed E-state index contributed by atoms with van der Waals surface area (Å²) in [6.07, 6.45) is 8.94. The quantitative estimate of drug-likeness (QED) is 0.132. The summed E-state index contributed by atoms with van der Waals surface area (Å²) in [5, 5.41) is 6.58. The molecule has 2 aromatic rings. The Morgan fingerprint density at radius 1 is 1.00 bits per heavy atom. The molecular weight excluding hydrogens is 779 g/mol. The van der Waals surface area contributed by atoms with Crippen LogP contribution in [-0.2, 0) is 33.9 Å². The number of benzene rings is 1. The highest BCUT2D eigenvalue weighted by Gasteiger charge is 2.62. The fraction of sp³-hybridized carbons (Fsp3) is 0.651. The molecule has 7 rings (SSSR count). The average Bonchev–Trinajstić information content (AvgIpc) is 4.16. The molecule has 4 aliphatic carbocycles. The average molecular weight is 838 g/mol. The van der Waals surface area contributed by atoms with E-state index in [0.29, 0.717) is 61.9 Å². The van der Waals surface area contributed by atoms with Crippen LogP contribution in [-0.4, -0.2) is 104 Å². The molecule has 16 heteroatoms. The second-order valence-electron chi connectivity index (χ2n) is 17.6. The maximum atomic E-state index is 14.9. The number of carbonyl (C=O) groups excluding carboxylic acids is 4. The summed E-state index contributed by atoms with van der Waals surface area (Å²) in [5.74, 6) is -0.466. The van der Waals surface area contributed by atoms with Crippen LogP contribution < -0.4 is 24.8 Å². The van der Waals surface area contributed by atoms with Gasteiger partial charge in [0, 0.05) is 30.2 Å². The molecule has 2 heterocycles. The minimum absolute atomic E-state index is 0.0267. The zero-order chi connectivity index (χ0) is 42.1. The molecule has 2 unspecified atom stereocenters. The first-order chi connectivity index (χ1) is 28.2. The van der Waals surface area contributed by atoms with Crippen LogP contribution in [0.5, 0.6) is 11.6 Å². The summed E-state index contributed by atoms with van der Waals surface area (Å²) in [7, 11) is -2.32. The third-order valence-electron chi connectivity index (χ3n) is 12.4. The Balaban J connectivity index is 1.16. The molecule has 3 N–H and O–H groups in total. The number of allylic oxidation sites excluding steroid dienone is 1. The third-order valence-corrected chi connectivity index (χ3v) is 14.2. The molecule has 1 aliphatic heterocycles. The van der Waals surface area contributed by atoms with E-state index in [9.17, 15) is 27.6 Å². The molecule has 5 fully saturated rings. The molecule has 322 valence electrons. The Morgan fingerprint density at radius 2 is 1.73 bits per heavy atom. The zero-order valence-electron chi connectivity index (χ0n) is 34.7. The first-order valence-corrected chi connectivity index (χ1v) is 22.8. The Hall–Kier alpha value is -4.44. The highest BCUT2D eigenvalue weighted by atomic mass is 32.2. The van der Waals surface area contributed by atoms with Crippen molar-refractivity contribution in [2.75, 3.05) is 26.9 Å². The van der Waals surface area contributed by atoms with Gasteiger partial charge in [-0.1, -0.05) is 58.0 Å². The second-order valence-corrected chi connectivity index (χ2v) is 19.5. The van der Waals surface area contributed by atoms with Crippen LogP contribution in [0.25, 0.3) is 10.8 Å². The van der Waals surface area contributed by atoms with Crippen LogP contribution in [0.4, 0.5) is 4.79 Å². The van der Waals surface area contributed by atoms with Gasteiger partial charge in [0.25, 0.3) is 5.91 Å². The van der Waals surface area contributed by atoms with Crippen LogP contribution in [0.1, 0.15) is 85.5 Å². The number of fused-ring (bicyclic) bond motifs is 2. The zero-order valence-corrected chi connectivity index (χ0v) is 35.5. The van der Waals surface area contributed by atoms with Crippen LogP contribution in [0.15, 0.2) is 42.6 Å². The van der Waals surface area contributed by atoms with Crippen LogP contribution >= 0.6 is 0 Å². The van der Waals surface area contributed by atoms with Gasteiger partial charge in [0.05, 0.1) is 24.6 Å². The highest BCUT2D eigenvalue weighted by molar-refractivity contribution is 7.91. The monoisotopic (exact) mass is 837 g/mol. The molecule has 1 saturated heterocycles. The van der Waals surface area contributed by atoms with E-state index in [-0.39, 0.29) is 43.2 Å². The van der Waals surface area contributed by atoms with Gasteiger partial charge in [0.1, 0.15) is 42.2 Å². The summed E-state index contributed by atoms with van der Waals surface area (Å²) >= 11 is 0. The number of alkyl carbamates (subject to hydrolysis) is 1. The predicted molar refractivity (Wildman–Crippen MR) is 219 cm³/mol. The number of nitrogens with zero attached hydrogens (tertiary/aromatic N) is 2. The highest BCUT2D eigenvalue weighted by Crippen LogP contribution is 2.52. The van der Waals surface area contributed by atoms with E-state index in [0.717, 1.165) is 18.2 Å². The molecule has 5 aliphatic rings. The second kappa shape index (κ2) is 17.6. The van der Waals surface area contributed by atoms with E-state index < -0.39 is 68.7 Å². The lowest BCUT2D eigenvalue weighted by Crippen LogP contribution is -2.59. The SMILES string of the molecule is CC/C=C\[C@@H]1C[C@]1(NC(=O)[C@@H]1C[C@@H](Oc2ncc(OCCOC)c3ccccc23)CN1C(=O)[C@@H](NC(=O)OC1CC2C[C@H]2C1)[C@H](C)CC(C)C)C(=O)NS(=O)(=O)C1CC1. The van der Waals surface area contributed by atoms with Crippen LogP contribution in [0.3, 0.4) is 0 Å². The van der Waals surface area contributed by atoms with Gasteiger partial charge in [-0.15, -0.1) is 0 Å². The molecule has 15 nitrogen and oxygen atoms in total. The van der Waals surface area contributed by atoms with E-state index in [1.165, 1.54) is 11.3 Å². The van der Waals surface area contributed by atoms with Crippen molar-refractivity contribution in [3.63, 3.8) is 0 Å². The molecule has 1 aromatic heterocycles. The summed E-state index contributed by atoms with van der Waals surface area (Å²) < 4.78 is 51.5. The molecule has 0 spiro atoms. The van der Waals surface area contributed by atoms with Gasteiger partial charge >= 0.3 is 6.09 Å². The van der Waals surface area contributed by atoms with Crippen LogP contribution in [0, 0.1) is 29.6 Å². The fourth-order valence-electron chi connectivity index (χ4n) is 8.96. The smallest absolute Gasteiger partial charge is 0.408 e. The lowest BCUT2D eigenvalue weighted by Gasteiger charge is -2.32. The first-order valence-electron chi connectivity index (χ1n) is 21.2. The van der Waals surface area contributed by atoms with Gasteiger partial charge in [-0.05, 0) is 81.1 Å². The normalized spacial score (nSPS) is 28.2. The summed E-state index contributed by atoms with van der Waals surface area (Å²) in [6.45, 7) is 8.59. The summed E-state index contributed by atoms with van der Waals surface area (Å²) in [4.78, 5) is 62.7. The standard InChI is InChI=1S/C43H59N5O10S/c1-6-7-10-29-22-43(29,41(51)47-59(53,54)32-13-14-32)46-38(49)35-21-31(57-39-34-12-9-8-11-33(34)36(23-44-39)56-16-15-55-5)24-48(35)40(50)37(26(4)17-25(2)3)45-42(52)58-30-19-27-18-28(27)20-30/h7-12,23,25-32,35,37H,6,13-22,24H2,1-5H3,(H,45,52)(H,46,49)(H,47,51)/b10-7-/t26-,27+,28?,29-,30?,31-,35+,37+,43-/m1/s1. The first kappa shape index (κ1) is 42.7. The number of sulfonamides is 1. The molecular formula is C43H59N5O10S. The van der Waals surface area contributed by atoms with Crippen molar-refractivity contribution in [2.45, 2.75) is 121 Å². The van der Waals surface area contributed by atoms with Gasteiger partial charge in [0.15, 0.2) is 0 Å². The minimum Gasteiger partial charge on any atom is -0.489 e. The summed E-state index contributed by atoms with van der Waals surface area (Å²) in [5.41, 5.74) is -1.52. The van der Waals surface area contributed by atoms with Crippen molar-refractivity contribution < 1.29 is 46.5 Å². The van der Waals surface area contributed by atoms with Crippen molar-refractivity contribution in [1.82, 2.24) is 25.2 Å². The maximum absolute atomic E-state index is 14.9. The van der Waals surface area contributed by atoms with E-state index in [4.69, 9.17) is 18.9 Å². The number of likely N-dealkylation sites (tertiary alicyclic amines) is 1. The molecule has 0 radical (unpaired) electrons. The Morgan fingerprint density at radius 3 is 2.41 bits per heavy atom. The number of hydrogen-bond donors (Lipinski definition) is 3. The third kappa shape index (κ3) is 9.80. The maximum Gasteiger partial charge on any atom is 0.408 e. The Bertz CT molecular complexity index is 2030. The van der Waals surface area contributed by atoms with Crippen LogP contribution in [0.2, 0.25) is 0 Å². The van der Waals surface area contributed by atoms with E-state index in [1.807, 2.05) is 64.1 Å². The van der Waals surface area contributed by atoms with Crippen molar-refractivity contribution in [2.24, 2.45) is 29.6 Å². The number of carbonyl (C=O) groups is 4. The number of aromatic nitrogens is 1. The van der Waals surface area contributed by atoms with Crippen molar-refractivity contribution in [1.29, 1.82) is 0 Å². The predicted octanol–water partition coefficient (Wildman–Crippen LogP) is 4.63. The van der Waals surface area contributed by atoms with E-state index in [2.05, 4.69) is 20.3 Å². The topological polar surface area (TPSA) is 192 Å². The number of hydrogen-bond acceptors (Lipinski definition) is 11. The lowest BCUT2D eigenvalue weighted by atomic mass is 9.91. The molecule has 59 heavy (non-hydrogen) atoms. The number of ether oxygens (including phenoxy) is 4. The van der Waals surface area contributed by atoms with Gasteiger partial charge in [-0.25, -0.2) is 18.2 Å². The van der Waals surface area contributed by atoms with Gasteiger partial charge in [0.2, 0.25) is 27.7 Å². The van der Waals surface area contributed by atoms with E-state index >= 15 is 0 Å². The number of rotatable bonds is 19. The molecule has 4 saturated carbocycles. The van der Waals surface area contributed by atoms with Crippen molar-refractivity contribution >= 4 is 44.6 Å². The molecule has 4 amide bonds. The van der Waals surface area contributed by atoms with Gasteiger partial charge < -0.3 is 34.5 Å². The van der Waals surface area contributed by atoms with Gasteiger partial charge in [-0.3, -0.25) is 19.1 Å². The number of amides is 4. The lowest BCUT2D eigenvalue weighted by molar-refractivity contribution is -0.142. The molecule has 1 aromatic carbocycles. The number of methoxy groups -OCH3 is 1. The fourth-order valence-corrected chi connectivity index (χ4v) is 10.3. The van der Waals surface area contributed by atoms with Crippen molar-refractivity contribution in [3.8, 4) is 11.6 Å². The minimum atomic E-state index is -3.91. The Kier molecular flexibility index (Phi) is 12.8. The summed E-state index contributed by atoms with van der Waals surface area (Å²) in [6, 6.07) is 5.30. The van der Waals surface area contributed by atoms with Gasteiger partial charge in [-0.2, -0.15) is 0 Å². The number of nitrogens with one attached hydrogen (secondary N) is 3.